The van der Waals surface area contributed by atoms with Gasteiger partial charge in [0, 0.05) is 12.0 Å². The molecule has 5 nitrogen and oxygen atoms in total. The molecule has 2 aromatic carbocycles. The zero-order valence-corrected chi connectivity index (χ0v) is 18.9. The lowest BCUT2D eigenvalue weighted by atomic mass is 9.71. The zero-order chi connectivity index (χ0) is 22.6. The van der Waals surface area contributed by atoms with Gasteiger partial charge in [-0.2, -0.15) is 0 Å². The summed E-state index contributed by atoms with van der Waals surface area (Å²) in [6.45, 7) is 2.34. The molecule has 1 heterocycles. The molecule has 0 saturated carbocycles. The van der Waals surface area contributed by atoms with Crippen LogP contribution in [0, 0.1) is 11.8 Å². The third kappa shape index (κ3) is 4.44. The van der Waals surface area contributed by atoms with E-state index in [2.05, 4.69) is 31.2 Å². The molecule has 1 saturated heterocycles. The lowest BCUT2D eigenvalue weighted by Crippen LogP contribution is -2.44. The SMILES string of the molecule is COc1ccc(CC(C)[C@]23C[C@H](CC=Cc4ccccc4)C(=O)C=C2OCO3)cc1OC. The molecule has 0 radical (unpaired) electrons. The maximum Gasteiger partial charge on any atom is 0.189 e. The van der Waals surface area contributed by atoms with Crippen molar-refractivity contribution in [2.75, 3.05) is 21.0 Å². The highest BCUT2D eigenvalue weighted by atomic mass is 16.7. The number of carbonyl (C=O) groups is 1. The summed E-state index contributed by atoms with van der Waals surface area (Å²) >= 11 is 0. The lowest BCUT2D eigenvalue weighted by molar-refractivity contribution is -0.123. The fraction of sp³-hybridized carbons (Fsp3) is 0.370. The number of fused-ring (bicyclic) bond motifs is 1. The van der Waals surface area contributed by atoms with Crippen LogP contribution in [0.1, 0.15) is 30.9 Å². The molecule has 0 aromatic heterocycles. The minimum absolute atomic E-state index is 0.108. The predicted octanol–water partition coefficient (Wildman–Crippen LogP) is 5.20. The molecule has 168 valence electrons. The van der Waals surface area contributed by atoms with E-state index in [0.717, 1.165) is 17.5 Å². The standard InChI is InChI=1S/C27H30O5/c1-19(14-21-12-13-24(29-2)25(15-21)30-3)27-17-22(23(28)16-26(27)31-18-32-27)11-7-10-20-8-5-4-6-9-20/h4-10,12-13,15-16,19,22H,11,14,17-18H2,1-3H3/t19?,22-,27+/m0/s1. The average Bonchev–Trinajstić information content (AvgIpc) is 3.23. The third-order valence-electron chi connectivity index (χ3n) is 6.49. The van der Waals surface area contributed by atoms with Gasteiger partial charge in [-0.05, 0) is 48.4 Å². The molecule has 0 spiro atoms. The molecule has 1 fully saturated rings. The van der Waals surface area contributed by atoms with E-state index < -0.39 is 5.60 Å². The van der Waals surface area contributed by atoms with Crippen LogP contribution in [-0.4, -0.2) is 32.4 Å². The number of hydrogen-bond donors (Lipinski definition) is 0. The number of rotatable bonds is 8. The number of methoxy groups -OCH3 is 2. The second-order valence-electron chi connectivity index (χ2n) is 8.45. The minimum atomic E-state index is -0.591. The molecule has 0 N–H and O–H groups in total. The molecule has 0 bridgehead atoms. The van der Waals surface area contributed by atoms with Gasteiger partial charge in [-0.3, -0.25) is 4.79 Å². The quantitative estimate of drug-likeness (QED) is 0.571. The minimum Gasteiger partial charge on any atom is -0.493 e. The number of ether oxygens (including phenoxy) is 4. The summed E-state index contributed by atoms with van der Waals surface area (Å²) in [4.78, 5) is 12.8. The second kappa shape index (κ2) is 9.61. The van der Waals surface area contributed by atoms with Crippen molar-refractivity contribution >= 4 is 11.9 Å². The van der Waals surface area contributed by atoms with E-state index in [1.165, 1.54) is 0 Å². The Balaban J connectivity index is 1.51. The van der Waals surface area contributed by atoms with Crippen molar-refractivity contribution in [3.8, 4) is 11.5 Å². The second-order valence-corrected chi connectivity index (χ2v) is 8.45. The highest BCUT2D eigenvalue weighted by Gasteiger charge is 2.51. The Morgan fingerprint density at radius 3 is 2.66 bits per heavy atom. The molecule has 1 aliphatic heterocycles. The Morgan fingerprint density at radius 1 is 1.12 bits per heavy atom. The summed E-state index contributed by atoms with van der Waals surface area (Å²) in [5.74, 6) is 2.17. The van der Waals surface area contributed by atoms with Crippen molar-refractivity contribution < 1.29 is 23.7 Å². The molecule has 2 aromatic rings. The molecular weight excluding hydrogens is 404 g/mol. The normalized spacial score (nSPS) is 23.4. The Bertz CT molecular complexity index is 1010. The topological polar surface area (TPSA) is 54.0 Å². The van der Waals surface area contributed by atoms with Gasteiger partial charge in [0.2, 0.25) is 0 Å². The number of carbonyl (C=O) groups excluding carboxylic acids is 1. The van der Waals surface area contributed by atoms with Crippen LogP contribution in [0.15, 0.2) is 66.4 Å². The van der Waals surface area contributed by atoms with Gasteiger partial charge >= 0.3 is 0 Å². The van der Waals surface area contributed by atoms with Crippen LogP contribution in [0.2, 0.25) is 0 Å². The van der Waals surface area contributed by atoms with Gasteiger partial charge in [-0.25, -0.2) is 0 Å². The van der Waals surface area contributed by atoms with E-state index in [4.69, 9.17) is 18.9 Å². The predicted molar refractivity (Wildman–Crippen MR) is 123 cm³/mol. The van der Waals surface area contributed by atoms with Gasteiger partial charge < -0.3 is 18.9 Å². The van der Waals surface area contributed by atoms with Gasteiger partial charge in [0.05, 0.1) is 14.2 Å². The van der Waals surface area contributed by atoms with Gasteiger partial charge in [-0.15, -0.1) is 0 Å². The first-order valence-corrected chi connectivity index (χ1v) is 11.0. The fourth-order valence-corrected chi connectivity index (χ4v) is 4.67. The zero-order valence-electron chi connectivity index (χ0n) is 18.9. The molecular formula is C27H30O5. The van der Waals surface area contributed by atoms with E-state index in [-0.39, 0.29) is 24.4 Å². The highest BCUT2D eigenvalue weighted by Crippen LogP contribution is 2.46. The summed E-state index contributed by atoms with van der Waals surface area (Å²) < 4.78 is 22.8. The first-order chi connectivity index (χ1) is 15.6. The van der Waals surface area contributed by atoms with Crippen LogP contribution >= 0.6 is 0 Å². The largest absolute Gasteiger partial charge is 0.493 e. The van der Waals surface area contributed by atoms with Crippen LogP contribution in [0.5, 0.6) is 11.5 Å². The van der Waals surface area contributed by atoms with Gasteiger partial charge in [0.25, 0.3) is 0 Å². The molecule has 1 aliphatic carbocycles. The van der Waals surface area contributed by atoms with Crippen LogP contribution in [0.4, 0.5) is 0 Å². The average molecular weight is 435 g/mol. The van der Waals surface area contributed by atoms with Crippen molar-refractivity contribution in [1.29, 1.82) is 0 Å². The van der Waals surface area contributed by atoms with Crippen LogP contribution in [-0.2, 0) is 20.7 Å². The van der Waals surface area contributed by atoms with E-state index >= 15 is 0 Å². The fourth-order valence-electron chi connectivity index (χ4n) is 4.67. The highest BCUT2D eigenvalue weighted by molar-refractivity contribution is 5.94. The van der Waals surface area contributed by atoms with Gasteiger partial charge in [-0.1, -0.05) is 55.5 Å². The van der Waals surface area contributed by atoms with E-state index in [9.17, 15) is 4.79 Å². The van der Waals surface area contributed by atoms with Crippen molar-refractivity contribution in [2.45, 2.75) is 31.8 Å². The van der Waals surface area contributed by atoms with E-state index in [1.54, 1.807) is 20.3 Å². The molecule has 0 amide bonds. The number of hydrogen-bond acceptors (Lipinski definition) is 5. The Kier molecular flexibility index (Phi) is 6.66. The summed E-state index contributed by atoms with van der Waals surface area (Å²) in [6.07, 6.45) is 7.86. The number of allylic oxidation sites excluding steroid dienone is 2. The maximum atomic E-state index is 12.8. The molecule has 5 heteroatoms. The molecule has 3 atom stereocenters. The van der Waals surface area contributed by atoms with E-state index in [1.807, 2.05) is 36.4 Å². The van der Waals surface area contributed by atoms with Gasteiger partial charge in [0.15, 0.2) is 24.1 Å². The first-order valence-electron chi connectivity index (χ1n) is 11.0. The summed E-state index contributed by atoms with van der Waals surface area (Å²) in [5.41, 5.74) is 1.66. The summed E-state index contributed by atoms with van der Waals surface area (Å²) in [7, 11) is 3.27. The van der Waals surface area contributed by atoms with Crippen LogP contribution < -0.4 is 9.47 Å². The van der Waals surface area contributed by atoms with Crippen molar-refractivity contribution in [2.24, 2.45) is 11.8 Å². The van der Waals surface area contributed by atoms with Gasteiger partial charge in [0.1, 0.15) is 11.4 Å². The third-order valence-corrected chi connectivity index (χ3v) is 6.49. The van der Waals surface area contributed by atoms with Crippen LogP contribution in [0.3, 0.4) is 0 Å². The number of benzene rings is 2. The molecule has 4 rings (SSSR count). The van der Waals surface area contributed by atoms with E-state index in [0.29, 0.717) is 30.1 Å². The first kappa shape index (κ1) is 22.2. The van der Waals surface area contributed by atoms with Crippen LogP contribution in [0.25, 0.3) is 6.08 Å². The Morgan fingerprint density at radius 2 is 1.91 bits per heavy atom. The van der Waals surface area contributed by atoms with Crippen molar-refractivity contribution in [1.82, 2.24) is 0 Å². The monoisotopic (exact) mass is 434 g/mol. The lowest BCUT2D eigenvalue weighted by Gasteiger charge is -2.38. The number of ketones is 1. The maximum absolute atomic E-state index is 12.8. The molecule has 32 heavy (non-hydrogen) atoms. The molecule has 1 unspecified atom stereocenters. The summed E-state index contributed by atoms with van der Waals surface area (Å²) in [6, 6.07) is 16.1. The molecule has 2 aliphatic rings. The Labute approximate surface area is 189 Å². The smallest absolute Gasteiger partial charge is 0.189 e. The summed E-state index contributed by atoms with van der Waals surface area (Å²) in [5, 5.41) is 0. The van der Waals surface area contributed by atoms with Crippen molar-refractivity contribution in [3.05, 3.63) is 77.6 Å². The van der Waals surface area contributed by atoms with Crippen molar-refractivity contribution in [3.63, 3.8) is 0 Å². The Hall–Kier alpha value is -3.05.